The maximum Gasteiger partial charge on any atom is 0.276 e. The summed E-state index contributed by atoms with van der Waals surface area (Å²) in [5.74, 6) is 6.51. The van der Waals surface area contributed by atoms with E-state index < -0.39 is 4.92 Å². The molecule has 21 heavy (non-hydrogen) atoms. The van der Waals surface area contributed by atoms with Crippen molar-refractivity contribution < 1.29 is 9.45 Å². The number of nitrogen functional groups attached to an aromatic ring is 1. The Morgan fingerprint density at radius 2 is 2.05 bits per heavy atom. The number of aryl methyl sites for hydroxylation is 2. The molecule has 2 aromatic rings. The van der Waals surface area contributed by atoms with Crippen LogP contribution in [0.1, 0.15) is 30.0 Å². The van der Waals surface area contributed by atoms with Gasteiger partial charge in [-0.2, -0.15) is 0 Å². The molecule has 112 valence electrons. The fourth-order valence-corrected chi connectivity index (χ4v) is 2.17. The predicted octanol–water partition coefficient (Wildman–Crippen LogP) is 2.05. The molecule has 9 heteroatoms. The summed E-state index contributed by atoms with van der Waals surface area (Å²) in [4.78, 5) is 14.5. The number of hydrazine groups is 1. The molecule has 0 radical (unpaired) electrons. The molecule has 1 unspecified atom stereocenters. The Hall–Kier alpha value is -2.68. The van der Waals surface area contributed by atoms with Crippen LogP contribution in [0.4, 0.5) is 17.3 Å². The van der Waals surface area contributed by atoms with E-state index in [1.807, 2.05) is 13.8 Å². The number of nitrogens with two attached hydrogens (primary N) is 1. The van der Waals surface area contributed by atoms with Crippen molar-refractivity contribution in [1.82, 2.24) is 10.1 Å². The fraction of sp³-hybridized carbons (Fsp3) is 0.333. The van der Waals surface area contributed by atoms with Crippen molar-refractivity contribution in [3.05, 3.63) is 39.3 Å². The zero-order valence-electron chi connectivity index (χ0n) is 11.9. The van der Waals surface area contributed by atoms with Crippen LogP contribution < -0.4 is 16.6 Å². The minimum Gasteiger partial charge on any atom is -0.363 e. The number of nitrogens with one attached hydrogen (secondary N) is 2. The SMILES string of the molecule is Cc1noc(C)c1C(C)Nc1cc([N+](=O)[O-])cc(NN)n1. The van der Waals surface area contributed by atoms with Gasteiger partial charge in [0.1, 0.15) is 17.4 Å². The van der Waals surface area contributed by atoms with Gasteiger partial charge in [-0.1, -0.05) is 5.16 Å². The zero-order chi connectivity index (χ0) is 15.6. The number of hydrogen-bond donors (Lipinski definition) is 3. The predicted molar refractivity (Wildman–Crippen MR) is 76.7 cm³/mol. The first-order valence-electron chi connectivity index (χ1n) is 6.24. The van der Waals surface area contributed by atoms with Gasteiger partial charge < -0.3 is 15.3 Å². The van der Waals surface area contributed by atoms with Crippen molar-refractivity contribution >= 4 is 17.3 Å². The van der Waals surface area contributed by atoms with E-state index in [1.165, 1.54) is 12.1 Å². The molecule has 0 amide bonds. The molecule has 0 fully saturated rings. The van der Waals surface area contributed by atoms with Crippen LogP contribution in [0.3, 0.4) is 0 Å². The van der Waals surface area contributed by atoms with Crippen LogP contribution >= 0.6 is 0 Å². The summed E-state index contributed by atoms with van der Waals surface area (Å²) in [6, 6.07) is 2.43. The van der Waals surface area contributed by atoms with Crippen molar-refractivity contribution in [3.63, 3.8) is 0 Å². The third kappa shape index (κ3) is 3.08. The summed E-state index contributed by atoms with van der Waals surface area (Å²) in [6.45, 7) is 5.53. The first-order valence-corrected chi connectivity index (χ1v) is 6.24. The fourth-order valence-electron chi connectivity index (χ4n) is 2.17. The van der Waals surface area contributed by atoms with E-state index >= 15 is 0 Å². The Morgan fingerprint density at radius 3 is 2.57 bits per heavy atom. The molecule has 2 rings (SSSR count). The van der Waals surface area contributed by atoms with Gasteiger partial charge in [0.25, 0.3) is 5.69 Å². The number of anilines is 2. The molecule has 9 nitrogen and oxygen atoms in total. The Kier molecular flexibility index (Phi) is 4.03. The highest BCUT2D eigenvalue weighted by atomic mass is 16.6. The summed E-state index contributed by atoms with van der Waals surface area (Å²) < 4.78 is 5.11. The Bertz CT molecular complexity index is 650. The minimum absolute atomic E-state index is 0.105. The lowest BCUT2D eigenvalue weighted by Gasteiger charge is -2.15. The van der Waals surface area contributed by atoms with Gasteiger partial charge in [0.15, 0.2) is 0 Å². The van der Waals surface area contributed by atoms with E-state index in [0.29, 0.717) is 11.6 Å². The maximum atomic E-state index is 10.9. The van der Waals surface area contributed by atoms with E-state index in [4.69, 9.17) is 10.4 Å². The van der Waals surface area contributed by atoms with Crippen LogP contribution in [0, 0.1) is 24.0 Å². The van der Waals surface area contributed by atoms with Crippen LogP contribution in [0.5, 0.6) is 0 Å². The third-order valence-electron chi connectivity index (χ3n) is 3.05. The Labute approximate surface area is 120 Å². The van der Waals surface area contributed by atoms with E-state index in [-0.39, 0.29) is 17.5 Å². The van der Waals surface area contributed by atoms with Crippen molar-refractivity contribution in [2.45, 2.75) is 26.8 Å². The summed E-state index contributed by atoms with van der Waals surface area (Å²) in [7, 11) is 0. The standard InChI is InChI=1S/C12H16N6O3/c1-6(12-7(2)17-21-8(12)3)14-10-4-9(18(19)20)5-11(15-10)16-13/h4-6H,13H2,1-3H3,(H2,14,15,16). The molecule has 4 N–H and O–H groups in total. The normalized spacial score (nSPS) is 12.0. The Morgan fingerprint density at radius 1 is 1.38 bits per heavy atom. The molecule has 0 saturated heterocycles. The third-order valence-corrected chi connectivity index (χ3v) is 3.05. The number of hydrogen-bond acceptors (Lipinski definition) is 8. The van der Waals surface area contributed by atoms with Gasteiger partial charge >= 0.3 is 0 Å². The van der Waals surface area contributed by atoms with Crippen molar-refractivity contribution in [1.29, 1.82) is 0 Å². The number of rotatable bonds is 5. The van der Waals surface area contributed by atoms with E-state index in [1.54, 1.807) is 6.92 Å². The second kappa shape index (κ2) is 5.75. The molecular formula is C12H16N6O3. The van der Waals surface area contributed by atoms with Gasteiger partial charge in [0.2, 0.25) is 0 Å². The van der Waals surface area contributed by atoms with Gasteiger partial charge in [-0.15, -0.1) is 0 Å². The topological polar surface area (TPSA) is 132 Å². The Balaban J connectivity index is 2.30. The molecule has 0 spiro atoms. The molecule has 0 saturated carbocycles. The molecule has 2 aromatic heterocycles. The first-order chi connectivity index (χ1) is 9.92. The molecule has 0 aliphatic heterocycles. The van der Waals surface area contributed by atoms with Gasteiger partial charge in [-0.3, -0.25) is 10.1 Å². The maximum absolute atomic E-state index is 10.9. The van der Waals surface area contributed by atoms with Gasteiger partial charge in [0, 0.05) is 5.56 Å². The number of aromatic nitrogens is 2. The van der Waals surface area contributed by atoms with Crippen molar-refractivity contribution in [2.75, 3.05) is 10.7 Å². The zero-order valence-corrected chi connectivity index (χ0v) is 11.9. The largest absolute Gasteiger partial charge is 0.363 e. The van der Waals surface area contributed by atoms with Crippen LogP contribution in [0.15, 0.2) is 16.7 Å². The minimum atomic E-state index is -0.506. The highest BCUT2D eigenvalue weighted by Gasteiger charge is 2.18. The lowest BCUT2D eigenvalue weighted by atomic mass is 10.1. The first kappa shape index (κ1) is 14.7. The monoisotopic (exact) mass is 292 g/mol. The number of nitro groups is 1. The average Bonchev–Trinajstić information content (AvgIpc) is 2.77. The van der Waals surface area contributed by atoms with Gasteiger partial charge in [-0.25, -0.2) is 10.8 Å². The van der Waals surface area contributed by atoms with E-state index in [2.05, 4.69) is 20.9 Å². The van der Waals surface area contributed by atoms with Crippen molar-refractivity contribution in [3.8, 4) is 0 Å². The molecule has 1 atom stereocenters. The highest BCUT2D eigenvalue weighted by Crippen LogP contribution is 2.27. The molecular weight excluding hydrogens is 276 g/mol. The second-order valence-corrected chi connectivity index (χ2v) is 4.60. The van der Waals surface area contributed by atoms with E-state index in [0.717, 1.165) is 11.3 Å². The van der Waals surface area contributed by atoms with Gasteiger partial charge in [-0.05, 0) is 20.8 Å². The number of nitrogens with zero attached hydrogens (tertiary/aromatic N) is 3. The quantitative estimate of drug-likeness (QED) is 0.433. The number of pyridine rings is 1. The lowest BCUT2D eigenvalue weighted by Crippen LogP contribution is -2.13. The molecule has 0 aliphatic carbocycles. The lowest BCUT2D eigenvalue weighted by molar-refractivity contribution is -0.384. The summed E-state index contributed by atoms with van der Waals surface area (Å²) in [5, 5.41) is 17.9. The molecule has 0 aliphatic rings. The summed E-state index contributed by atoms with van der Waals surface area (Å²) in [5.41, 5.74) is 3.86. The molecule has 2 heterocycles. The van der Waals surface area contributed by atoms with Crippen LogP contribution in [-0.2, 0) is 0 Å². The van der Waals surface area contributed by atoms with Crippen LogP contribution in [0.25, 0.3) is 0 Å². The van der Waals surface area contributed by atoms with Crippen molar-refractivity contribution in [2.24, 2.45) is 5.84 Å². The van der Waals surface area contributed by atoms with Gasteiger partial charge in [0.05, 0.1) is 28.8 Å². The average molecular weight is 292 g/mol. The molecule has 0 bridgehead atoms. The summed E-state index contributed by atoms with van der Waals surface area (Å²) in [6.07, 6.45) is 0. The van der Waals surface area contributed by atoms with Crippen LogP contribution in [-0.4, -0.2) is 15.1 Å². The van der Waals surface area contributed by atoms with E-state index in [9.17, 15) is 10.1 Å². The smallest absolute Gasteiger partial charge is 0.276 e. The second-order valence-electron chi connectivity index (χ2n) is 4.60. The van der Waals surface area contributed by atoms with Crippen LogP contribution in [0.2, 0.25) is 0 Å². The summed E-state index contributed by atoms with van der Waals surface area (Å²) >= 11 is 0. The highest BCUT2D eigenvalue weighted by molar-refractivity contribution is 5.55. The molecule has 0 aromatic carbocycles.